The molecule has 7 nitrogen and oxygen atoms in total. The fourth-order valence-corrected chi connectivity index (χ4v) is 4.48. The summed E-state index contributed by atoms with van der Waals surface area (Å²) in [5, 5.41) is 3.62. The highest BCUT2D eigenvalue weighted by Crippen LogP contribution is 2.25. The van der Waals surface area contributed by atoms with E-state index >= 15 is 0 Å². The molecule has 0 bridgehead atoms. The Labute approximate surface area is 202 Å². The van der Waals surface area contributed by atoms with Crippen molar-refractivity contribution in [1.82, 2.24) is 24.6 Å². The lowest BCUT2D eigenvalue weighted by Crippen LogP contribution is -2.46. The van der Waals surface area contributed by atoms with Gasteiger partial charge in [-0.25, -0.2) is 4.98 Å². The van der Waals surface area contributed by atoms with Gasteiger partial charge in [0.05, 0.1) is 23.8 Å². The third-order valence-corrected chi connectivity index (χ3v) is 6.41. The smallest absolute Gasteiger partial charge is 0.253 e. The van der Waals surface area contributed by atoms with Crippen LogP contribution in [0.2, 0.25) is 5.02 Å². The van der Waals surface area contributed by atoms with Crippen LogP contribution in [-0.2, 0) is 4.79 Å². The van der Waals surface area contributed by atoms with Crippen LogP contribution in [0.1, 0.15) is 30.1 Å². The largest absolute Gasteiger partial charge is 0.353 e. The van der Waals surface area contributed by atoms with Crippen molar-refractivity contribution >= 4 is 29.1 Å². The van der Waals surface area contributed by atoms with Crippen LogP contribution in [0.15, 0.2) is 67.1 Å². The maximum absolute atomic E-state index is 12.9. The molecule has 1 fully saturated rings. The van der Waals surface area contributed by atoms with Crippen molar-refractivity contribution in [3.63, 3.8) is 0 Å². The van der Waals surface area contributed by atoms with Gasteiger partial charge in [0.25, 0.3) is 5.91 Å². The SMILES string of the molecule is CC(=O)NC1CCN(C(=O)c2ccc(-c3cn4c(-c5ccc(Cl)cc5)cnc4cn3)cc2)CC1. The van der Waals surface area contributed by atoms with Crippen LogP contribution in [-0.4, -0.2) is 50.2 Å². The molecule has 1 aliphatic heterocycles. The summed E-state index contributed by atoms with van der Waals surface area (Å²) in [6.45, 7) is 2.80. The predicted octanol–water partition coefficient (Wildman–Crippen LogP) is 4.46. The van der Waals surface area contributed by atoms with Gasteiger partial charge in [-0.1, -0.05) is 35.9 Å². The molecule has 2 amide bonds. The molecule has 8 heteroatoms. The molecule has 2 aromatic heterocycles. The maximum Gasteiger partial charge on any atom is 0.253 e. The molecular weight excluding hydrogens is 450 g/mol. The number of halogens is 1. The molecule has 34 heavy (non-hydrogen) atoms. The molecule has 0 unspecified atom stereocenters. The molecule has 5 rings (SSSR count). The second-order valence-electron chi connectivity index (χ2n) is 8.50. The Bertz CT molecular complexity index is 1340. The van der Waals surface area contributed by atoms with E-state index in [-0.39, 0.29) is 17.9 Å². The summed E-state index contributed by atoms with van der Waals surface area (Å²) >= 11 is 6.03. The molecular formula is C26H24ClN5O2. The number of benzene rings is 2. The van der Waals surface area contributed by atoms with Gasteiger partial charge in [-0.2, -0.15) is 0 Å². The molecule has 0 saturated carbocycles. The zero-order chi connectivity index (χ0) is 23.7. The van der Waals surface area contributed by atoms with Crippen LogP contribution >= 0.6 is 11.6 Å². The summed E-state index contributed by atoms with van der Waals surface area (Å²) in [5.41, 5.74) is 5.06. The van der Waals surface area contributed by atoms with E-state index in [2.05, 4.69) is 15.3 Å². The minimum Gasteiger partial charge on any atom is -0.353 e. The van der Waals surface area contributed by atoms with Crippen molar-refractivity contribution in [1.29, 1.82) is 0 Å². The summed E-state index contributed by atoms with van der Waals surface area (Å²) in [4.78, 5) is 35.1. The second-order valence-corrected chi connectivity index (χ2v) is 8.93. The number of fused-ring (bicyclic) bond motifs is 1. The lowest BCUT2D eigenvalue weighted by atomic mass is 10.0. The Balaban J connectivity index is 1.34. The Hall–Kier alpha value is -3.71. The van der Waals surface area contributed by atoms with Crippen molar-refractivity contribution in [2.24, 2.45) is 0 Å². The fraction of sp³-hybridized carbons (Fsp3) is 0.231. The molecule has 0 radical (unpaired) electrons. The first-order chi connectivity index (χ1) is 16.5. The number of nitrogens with zero attached hydrogens (tertiary/aromatic N) is 4. The normalized spacial score (nSPS) is 14.4. The molecule has 0 aliphatic carbocycles. The van der Waals surface area contributed by atoms with E-state index < -0.39 is 0 Å². The van der Waals surface area contributed by atoms with E-state index in [9.17, 15) is 9.59 Å². The third-order valence-electron chi connectivity index (χ3n) is 6.15. The Morgan fingerprint density at radius 3 is 2.29 bits per heavy atom. The zero-order valence-corrected chi connectivity index (χ0v) is 19.5. The van der Waals surface area contributed by atoms with Crippen molar-refractivity contribution in [2.75, 3.05) is 13.1 Å². The highest BCUT2D eigenvalue weighted by molar-refractivity contribution is 6.30. The van der Waals surface area contributed by atoms with Crippen molar-refractivity contribution < 1.29 is 9.59 Å². The van der Waals surface area contributed by atoms with Crippen LogP contribution in [0.25, 0.3) is 28.2 Å². The first kappa shape index (κ1) is 22.1. The molecule has 2 aromatic carbocycles. The van der Waals surface area contributed by atoms with Gasteiger partial charge in [-0.3, -0.25) is 19.0 Å². The van der Waals surface area contributed by atoms with E-state index in [0.717, 1.165) is 41.0 Å². The molecule has 0 spiro atoms. The van der Waals surface area contributed by atoms with Crippen molar-refractivity contribution in [2.45, 2.75) is 25.8 Å². The van der Waals surface area contributed by atoms with Crippen molar-refractivity contribution in [3.05, 3.63) is 77.7 Å². The highest BCUT2D eigenvalue weighted by Gasteiger charge is 2.24. The second kappa shape index (κ2) is 9.27. The zero-order valence-electron chi connectivity index (χ0n) is 18.7. The Kier molecular flexibility index (Phi) is 6.02. The van der Waals surface area contributed by atoms with Gasteiger partial charge in [-0.05, 0) is 37.1 Å². The van der Waals surface area contributed by atoms with Gasteiger partial charge in [0.2, 0.25) is 5.91 Å². The van der Waals surface area contributed by atoms with Gasteiger partial charge >= 0.3 is 0 Å². The number of piperidine rings is 1. The number of likely N-dealkylation sites (tertiary alicyclic amines) is 1. The van der Waals surface area contributed by atoms with Gasteiger partial charge in [-0.15, -0.1) is 0 Å². The number of amides is 2. The number of aromatic nitrogens is 3. The lowest BCUT2D eigenvalue weighted by Gasteiger charge is -2.32. The first-order valence-corrected chi connectivity index (χ1v) is 11.6. The number of hydrogen-bond donors (Lipinski definition) is 1. The monoisotopic (exact) mass is 473 g/mol. The van der Waals surface area contributed by atoms with Gasteiger partial charge < -0.3 is 10.2 Å². The van der Waals surface area contributed by atoms with Crippen LogP contribution in [0.3, 0.4) is 0 Å². The third kappa shape index (κ3) is 4.52. The van der Waals surface area contributed by atoms with Crippen molar-refractivity contribution in [3.8, 4) is 22.5 Å². The van der Waals surface area contributed by atoms with Gasteiger partial charge in [0.15, 0.2) is 5.65 Å². The molecule has 0 atom stereocenters. The number of imidazole rings is 1. The summed E-state index contributed by atoms with van der Waals surface area (Å²) < 4.78 is 2.00. The van der Waals surface area contributed by atoms with Crippen LogP contribution in [0, 0.1) is 0 Å². The summed E-state index contributed by atoms with van der Waals surface area (Å²) in [5.74, 6) is -0.0148. The van der Waals surface area contributed by atoms with Gasteiger partial charge in [0.1, 0.15) is 0 Å². The van der Waals surface area contributed by atoms with E-state index in [1.165, 1.54) is 6.92 Å². The number of rotatable bonds is 4. The lowest BCUT2D eigenvalue weighted by molar-refractivity contribution is -0.119. The minimum absolute atomic E-state index is 0.0101. The van der Waals surface area contributed by atoms with Crippen LogP contribution in [0.5, 0.6) is 0 Å². The Morgan fingerprint density at radius 2 is 1.62 bits per heavy atom. The number of hydrogen-bond acceptors (Lipinski definition) is 4. The van der Waals surface area contributed by atoms with Crippen LogP contribution < -0.4 is 5.32 Å². The van der Waals surface area contributed by atoms with E-state index in [1.807, 2.05) is 70.2 Å². The van der Waals surface area contributed by atoms with Crippen LogP contribution in [0.4, 0.5) is 0 Å². The summed E-state index contributed by atoms with van der Waals surface area (Å²) in [6.07, 6.45) is 7.06. The molecule has 3 heterocycles. The Morgan fingerprint density at radius 1 is 0.941 bits per heavy atom. The van der Waals surface area contributed by atoms with E-state index in [1.54, 1.807) is 6.20 Å². The highest BCUT2D eigenvalue weighted by atomic mass is 35.5. The fourth-order valence-electron chi connectivity index (χ4n) is 4.35. The van der Waals surface area contributed by atoms with E-state index in [0.29, 0.717) is 23.7 Å². The first-order valence-electron chi connectivity index (χ1n) is 11.2. The molecule has 4 aromatic rings. The topological polar surface area (TPSA) is 79.6 Å². The summed E-state index contributed by atoms with van der Waals surface area (Å²) in [6, 6.07) is 15.3. The minimum atomic E-state index is -0.0249. The average molecular weight is 474 g/mol. The molecule has 1 N–H and O–H groups in total. The number of nitrogens with one attached hydrogen (secondary N) is 1. The molecule has 172 valence electrons. The average Bonchev–Trinajstić information content (AvgIpc) is 3.28. The number of carbonyl (C=O) groups excluding carboxylic acids is 2. The number of carbonyl (C=O) groups is 2. The molecule has 1 aliphatic rings. The van der Waals surface area contributed by atoms with Gasteiger partial charge in [0, 0.05) is 54.0 Å². The quantitative estimate of drug-likeness (QED) is 0.474. The van der Waals surface area contributed by atoms with E-state index in [4.69, 9.17) is 11.6 Å². The standard InChI is InChI=1S/C26H24ClN5O2/c1-17(33)30-22-10-12-31(13-11-22)26(34)20-4-2-18(3-5-20)23-16-32-24(14-29-25(32)15-28-23)19-6-8-21(27)9-7-19/h2-9,14-16,22H,10-13H2,1H3,(H,30,33). The maximum atomic E-state index is 12.9. The predicted molar refractivity (Wildman–Crippen MR) is 132 cm³/mol. The molecule has 1 saturated heterocycles. The summed E-state index contributed by atoms with van der Waals surface area (Å²) in [7, 11) is 0.